The molecule has 1 fully saturated rings. The molecule has 4 heteroatoms. The molecule has 1 aliphatic rings. The summed E-state index contributed by atoms with van der Waals surface area (Å²) in [7, 11) is 2.01. The smallest absolute Gasteiger partial charge is 0.238 e. The molecule has 1 aromatic carbocycles. The number of amides is 1. The van der Waals surface area contributed by atoms with Crippen molar-refractivity contribution >= 4 is 11.6 Å². The third kappa shape index (κ3) is 4.05. The van der Waals surface area contributed by atoms with Crippen LogP contribution in [-0.4, -0.2) is 43.5 Å². The topological polar surface area (TPSA) is 44.4 Å². The SMILES string of the molecule is CNC1CCN(CC(=O)Nc2cc(C)ccc2C)CC1. The first-order valence-electron chi connectivity index (χ1n) is 7.35. The van der Waals surface area contributed by atoms with E-state index in [1.165, 1.54) is 5.56 Å². The van der Waals surface area contributed by atoms with Gasteiger partial charge in [0.15, 0.2) is 0 Å². The van der Waals surface area contributed by atoms with Gasteiger partial charge in [0.25, 0.3) is 0 Å². The van der Waals surface area contributed by atoms with Crippen molar-refractivity contribution in [3.8, 4) is 0 Å². The summed E-state index contributed by atoms with van der Waals surface area (Å²) < 4.78 is 0. The predicted molar refractivity (Wildman–Crippen MR) is 83.1 cm³/mol. The summed E-state index contributed by atoms with van der Waals surface area (Å²) in [6, 6.07) is 6.74. The van der Waals surface area contributed by atoms with Gasteiger partial charge in [0.05, 0.1) is 6.54 Å². The van der Waals surface area contributed by atoms with E-state index < -0.39 is 0 Å². The van der Waals surface area contributed by atoms with Crippen LogP contribution in [-0.2, 0) is 4.79 Å². The average molecular weight is 275 g/mol. The van der Waals surface area contributed by atoms with Crippen molar-refractivity contribution < 1.29 is 4.79 Å². The highest BCUT2D eigenvalue weighted by Gasteiger charge is 2.19. The van der Waals surface area contributed by atoms with Crippen molar-refractivity contribution in [1.29, 1.82) is 0 Å². The number of benzene rings is 1. The second-order valence-electron chi connectivity index (χ2n) is 5.71. The lowest BCUT2D eigenvalue weighted by Gasteiger charge is -2.31. The molecule has 0 spiro atoms. The molecule has 1 aromatic rings. The van der Waals surface area contributed by atoms with E-state index in [2.05, 4.69) is 21.6 Å². The fourth-order valence-corrected chi connectivity index (χ4v) is 2.64. The molecule has 4 nitrogen and oxygen atoms in total. The van der Waals surface area contributed by atoms with E-state index >= 15 is 0 Å². The molecule has 0 unspecified atom stereocenters. The van der Waals surface area contributed by atoms with Gasteiger partial charge in [0, 0.05) is 24.8 Å². The molecule has 0 aliphatic carbocycles. The van der Waals surface area contributed by atoms with Crippen LogP contribution in [0.15, 0.2) is 18.2 Å². The zero-order chi connectivity index (χ0) is 14.5. The molecular formula is C16H25N3O. The Hall–Kier alpha value is -1.39. The van der Waals surface area contributed by atoms with Crippen LogP contribution in [0.2, 0.25) is 0 Å². The molecule has 0 saturated carbocycles. The largest absolute Gasteiger partial charge is 0.325 e. The maximum Gasteiger partial charge on any atom is 0.238 e. The van der Waals surface area contributed by atoms with Crippen LogP contribution < -0.4 is 10.6 Å². The van der Waals surface area contributed by atoms with Crippen molar-refractivity contribution in [3.05, 3.63) is 29.3 Å². The molecular weight excluding hydrogens is 250 g/mol. The van der Waals surface area contributed by atoms with Gasteiger partial charge in [-0.1, -0.05) is 12.1 Å². The maximum absolute atomic E-state index is 12.1. The van der Waals surface area contributed by atoms with Gasteiger partial charge in [0.2, 0.25) is 5.91 Å². The van der Waals surface area contributed by atoms with Gasteiger partial charge in [-0.25, -0.2) is 0 Å². The number of piperidine rings is 1. The van der Waals surface area contributed by atoms with Crippen molar-refractivity contribution in [3.63, 3.8) is 0 Å². The first kappa shape index (κ1) is 15.0. The third-order valence-corrected chi connectivity index (χ3v) is 4.03. The van der Waals surface area contributed by atoms with Gasteiger partial charge in [0.1, 0.15) is 0 Å². The summed E-state index contributed by atoms with van der Waals surface area (Å²) in [4.78, 5) is 14.4. The highest BCUT2D eigenvalue weighted by atomic mass is 16.2. The monoisotopic (exact) mass is 275 g/mol. The van der Waals surface area contributed by atoms with E-state index in [-0.39, 0.29) is 5.91 Å². The Bertz CT molecular complexity index is 465. The quantitative estimate of drug-likeness (QED) is 0.882. The van der Waals surface area contributed by atoms with Crippen molar-refractivity contribution in [2.45, 2.75) is 32.7 Å². The van der Waals surface area contributed by atoms with E-state index in [4.69, 9.17) is 0 Å². The van der Waals surface area contributed by atoms with Crippen LogP contribution in [0, 0.1) is 13.8 Å². The molecule has 1 aliphatic heterocycles. The highest BCUT2D eigenvalue weighted by Crippen LogP contribution is 2.16. The molecule has 1 amide bonds. The molecule has 0 bridgehead atoms. The van der Waals surface area contributed by atoms with Gasteiger partial charge in [-0.2, -0.15) is 0 Å². The lowest BCUT2D eigenvalue weighted by Crippen LogP contribution is -2.44. The number of rotatable bonds is 4. The number of hydrogen-bond acceptors (Lipinski definition) is 3. The molecule has 1 saturated heterocycles. The van der Waals surface area contributed by atoms with Gasteiger partial charge in [-0.05, 0) is 50.9 Å². The Morgan fingerprint density at radius 2 is 2.00 bits per heavy atom. The number of aryl methyl sites for hydroxylation is 2. The highest BCUT2D eigenvalue weighted by molar-refractivity contribution is 5.93. The van der Waals surface area contributed by atoms with Gasteiger partial charge in [-0.15, -0.1) is 0 Å². The second kappa shape index (κ2) is 6.86. The van der Waals surface area contributed by atoms with Crippen LogP contribution in [0.4, 0.5) is 5.69 Å². The summed E-state index contributed by atoms with van der Waals surface area (Å²) in [6.07, 6.45) is 2.24. The van der Waals surface area contributed by atoms with Crippen LogP contribution in [0.3, 0.4) is 0 Å². The summed E-state index contributed by atoms with van der Waals surface area (Å²) in [5.74, 6) is 0.0848. The molecule has 2 N–H and O–H groups in total. The molecule has 0 atom stereocenters. The lowest BCUT2D eigenvalue weighted by atomic mass is 10.1. The Kier molecular flexibility index (Phi) is 5.15. The fraction of sp³-hybridized carbons (Fsp3) is 0.562. The molecule has 1 heterocycles. The normalized spacial score (nSPS) is 17.1. The number of carbonyl (C=O) groups excluding carboxylic acids is 1. The fourth-order valence-electron chi connectivity index (χ4n) is 2.64. The predicted octanol–water partition coefficient (Wildman–Crippen LogP) is 1.93. The standard InChI is InChI=1S/C16H25N3O/c1-12-4-5-13(2)15(10-12)18-16(20)11-19-8-6-14(17-3)7-9-19/h4-5,10,14,17H,6-9,11H2,1-3H3,(H,18,20). The summed E-state index contributed by atoms with van der Waals surface area (Å²) in [5.41, 5.74) is 3.21. The van der Waals surface area contributed by atoms with Crippen LogP contribution >= 0.6 is 0 Å². The summed E-state index contributed by atoms with van der Waals surface area (Å²) >= 11 is 0. The van der Waals surface area contributed by atoms with E-state index in [1.54, 1.807) is 0 Å². The van der Waals surface area contributed by atoms with E-state index in [1.807, 2.05) is 33.0 Å². The molecule has 20 heavy (non-hydrogen) atoms. The minimum atomic E-state index is 0.0848. The number of anilines is 1. The molecule has 2 rings (SSSR count). The van der Waals surface area contributed by atoms with Crippen LogP contribution in [0.1, 0.15) is 24.0 Å². The maximum atomic E-state index is 12.1. The first-order chi connectivity index (χ1) is 9.58. The Morgan fingerprint density at radius 3 is 2.65 bits per heavy atom. The zero-order valence-electron chi connectivity index (χ0n) is 12.7. The Morgan fingerprint density at radius 1 is 1.30 bits per heavy atom. The van der Waals surface area contributed by atoms with Gasteiger partial charge < -0.3 is 10.6 Å². The minimum absolute atomic E-state index is 0.0848. The molecule has 0 aromatic heterocycles. The van der Waals surface area contributed by atoms with Crippen molar-refractivity contribution in [2.24, 2.45) is 0 Å². The minimum Gasteiger partial charge on any atom is -0.325 e. The number of nitrogens with zero attached hydrogens (tertiary/aromatic N) is 1. The molecule has 110 valence electrons. The van der Waals surface area contributed by atoms with Crippen LogP contribution in [0.25, 0.3) is 0 Å². The first-order valence-corrected chi connectivity index (χ1v) is 7.35. The molecule has 0 radical (unpaired) electrons. The van der Waals surface area contributed by atoms with Gasteiger partial charge in [-0.3, -0.25) is 9.69 Å². The second-order valence-corrected chi connectivity index (χ2v) is 5.71. The van der Waals surface area contributed by atoms with Crippen molar-refractivity contribution in [1.82, 2.24) is 10.2 Å². The Balaban J connectivity index is 1.85. The summed E-state index contributed by atoms with van der Waals surface area (Å²) in [5, 5.41) is 6.33. The zero-order valence-corrected chi connectivity index (χ0v) is 12.7. The number of carbonyl (C=O) groups is 1. The number of hydrogen-bond donors (Lipinski definition) is 2. The van der Waals surface area contributed by atoms with Crippen LogP contribution in [0.5, 0.6) is 0 Å². The number of likely N-dealkylation sites (tertiary alicyclic amines) is 1. The number of nitrogens with one attached hydrogen (secondary N) is 2. The van der Waals surface area contributed by atoms with E-state index in [0.717, 1.165) is 37.2 Å². The van der Waals surface area contributed by atoms with Gasteiger partial charge >= 0.3 is 0 Å². The average Bonchev–Trinajstić information content (AvgIpc) is 2.43. The van der Waals surface area contributed by atoms with E-state index in [9.17, 15) is 4.79 Å². The lowest BCUT2D eigenvalue weighted by molar-refractivity contribution is -0.117. The third-order valence-electron chi connectivity index (χ3n) is 4.03. The van der Waals surface area contributed by atoms with Crippen molar-refractivity contribution in [2.75, 3.05) is 32.0 Å². The van der Waals surface area contributed by atoms with E-state index in [0.29, 0.717) is 12.6 Å². The summed E-state index contributed by atoms with van der Waals surface area (Å²) in [6.45, 7) is 6.53. The Labute approximate surface area is 121 Å².